The predicted molar refractivity (Wildman–Crippen MR) is 57.8 cm³/mol. The Hall–Kier alpha value is -0.980. The highest BCUT2D eigenvalue weighted by molar-refractivity contribution is 5.80. The molecule has 1 saturated carbocycles. The van der Waals surface area contributed by atoms with Crippen molar-refractivity contribution in [2.75, 3.05) is 6.54 Å². The molecule has 0 bridgehead atoms. The Morgan fingerprint density at radius 1 is 1.53 bits per heavy atom. The largest absolute Gasteiger partial charge is 0.409 e. The minimum absolute atomic E-state index is 0.115. The third kappa shape index (κ3) is 5.25. The van der Waals surface area contributed by atoms with Gasteiger partial charge >= 0.3 is 6.18 Å². The van der Waals surface area contributed by atoms with Crippen molar-refractivity contribution < 1.29 is 18.4 Å². The molecule has 0 radical (unpaired) electrons. The van der Waals surface area contributed by atoms with Crippen LogP contribution in [0.2, 0.25) is 0 Å². The maximum absolute atomic E-state index is 12.1. The van der Waals surface area contributed by atoms with Crippen LogP contribution in [0.15, 0.2) is 5.16 Å². The maximum Gasteiger partial charge on any atom is 0.390 e. The highest BCUT2D eigenvalue weighted by Gasteiger charge is 2.43. The lowest BCUT2D eigenvalue weighted by Crippen LogP contribution is -2.36. The molecule has 0 amide bonds. The van der Waals surface area contributed by atoms with Crippen molar-refractivity contribution in [2.24, 2.45) is 16.3 Å². The fourth-order valence-electron chi connectivity index (χ4n) is 1.82. The summed E-state index contributed by atoms with van der Waals surface area (Å²) in [7, 11) is 0. The fraction of sp³-hybridized carbons (Fsp3) is 0.900. The van der Waals surface area contributed by atoms with Gasteiger partial charge in [-0.25, -0.2) is 0 Å². The Morgan fingerprint density at radius 3 is 2.53 bits per heavy atom. The average Bonchev–Trinajstić information content (AvgIpc) is 2.93. The zero-order valence-electron chi connectivity index (χ0n) is 9.72. The van der Waals surface area contributed by atoms with E-state index >= 15 is 0 Å². The van der Waals surface area contributed by atoms with Crippen molar-refractivity contribution in [1.82, 2.24) is 5.32 Å². The summed E-state index contributed by atoms with van der Waals surface area (Å²) in [5.74, 6) is 0.132. The third-order valence-corrected chi connectivity index (χ3v) is 3.00. The molecule has 0 heterocycles. The van der Waals surface area contributed by atoms with Crippen molar-refractivity contribution in [3.63, 3.8) is 0 Å². The van der Waals surface area contributed by atoms with Crippen molar-refractivity contribution >= 4 is 5.84 Å². The molecule has 0 aromatic rings. The number of oxime groups is 1. The average molecular weight is 253 g/mol. The van der Waals surface area contributed by atoms with Gasteiger partial charge in [-0.15, -0.1) is 0 Å². The van der Waals surface area contributed by atoms with Crippen molar-refractivity contribution in [3.05, 3.63) is 0 Å². The standard InChI is InChI=1S/C10H18F3N3O/c1-7(4-10(11,12)13)15-6-9(2-3-9)5-8(14)16-17/h7,15,17H,2-6H2,1H3,(H2,14,16). The zero-order valence-corrected chi connectivity index (χ0v) is 9.72. The molecule has 100 valence electrons. The number of nitrogens with zero attached hydrogens (tertiary/aromatic N) is 1. The zero-order chi connectivity index (χ0) is 13.1. The normalized spacial score (nSPS) is 21.3. The van der Waals surface area contributed by atoms with E-state index in [2.05, 4.69) is 10.5 Å². The minimum Gasteiger partial charge on any atom is -0.409 e. The summed E-state index contributed by atoms with van der Waals surface area (Å²) in [5, 5.41) is 14.2. The van der Waals surface area contributed by atoms with Crippen LogP contribution >= 0.6 is 0 Å². The van der Waals surface area contributed by atoms with E-state index in [4.69, 9.17) is 10.9 Å². The Morgan fingerprint density at radius 2 is 2.12 bits per heavy atom. The van der Waals surface area contributed by atoms with Crippen LogP contribution in [0.4, 0.5) is 13.2 Å². The second-order valence-electron chi connectivity index (χ2n) is 4.87. The number of amidine groups is 1. The summed E-state index contributed by atoms with van der Waals surface area (Å²) in [6.07, 6.45) is -2.76. The van der Waals surface area contributed by atoms with E-state index in [1.165, 1.54) is 6.92 Å². The van der Waals surface area contributed by atoms with E-state index in [-0.39, 0.29) is 11.3 Å². The van der Waals surface area contributed by atoms with Gasteiger partial charge in [-0.05, 0) is 25.2 Å². The van der Waals surface area contributed by atoms with Crippen LogP contribution in [0, 0.1) is 5.41 Å². The van der Waals surface area contributed by atoms with Gasteiger partial charge in [0.25, 0.3) is 0 Å². The molecular formula is C10H18F3N3O. The molecule has 17 heavy (non-hydrogen) atoms. The van der Waals surface area contributed by atoms with E-state index in [9.17, 15) is 13.2 Å². The van der Waals surface area contributed by atoms with Crippen LogP contribution in [0.1, 0.15) is 32.6 Å². The highest BCUT2D eigenvalue weighted by Crippen LogP contribution is 2.48. The lowest BCUT2D eigenvalue weighted by atomic mass is 10.0. The summed E-state index contributed by atoms with van der Waals surface area (Å²) in [6.45, 7) is 1.98. The first kappa shape index (κ1) is 14.1. The van der Waals surface area contributed by atoms with E-state index in [1.807, 2.05) is 0 Å². The van der Waals surface area contributed by atoms with Gasteiger partial charge in [0.2, 0.25) is 0 Å². The van der Waals surface area contributed by atoms with E-state index in [0.29, 0.717) is 13.0 Å². The number of alkyl halides is 3. The summed E-state index contributed by atoms with van der Waals surface area (Å²) in [4.78, 5) is 0. The number of halogens is 3. The third-order valence-electron chi connectivity index (χ3n) is 3.00. The fourth-order valence-corrected chi connectivity index (χ4v) is 1.82. The Labute approximate surface area is 98.0 Å². The number of nitrogens with two attached hydrogens (primary N) is 1. The van der Waals surface area contributed by atoms with Gasteiger partial charge in [-0.3, -0.25) is 0 Å². The molecule has 1 atom stereocenters. The topological polar surface area (TPSA) is 70.6 Å². The summed E-state index contributed by atoms with van der Waals surface area (Å²) in [5.41, 5.74) is 5.28. The second-order valence-corrected chi connectivity index (χ2v) is 4.87. The molecule has 4 N–H and O–H groups in total. The van der Waals surface area contributed by atoms with Crippen molar-refractivity contribution in [2.45, 2.75) is 44.8 Å². The first-order valence-electron chi connectivity index (χ1n) is 5.53. The summed E-state index contributed by atoms with van der Waals surface area (Å²) < 4.78 is 36.3. The van der Waals surface area contributed by atoms with Crippen LogP contribution < -0.4 is 11.1 Å². The monoisotopic (exact) mass is 253 g/mol. The van der Waals surface area contributed by atoms with E-state index < -0.39 is 18.6 Å². The first-order valence-corrected chi connectivity index (χ1v) is 5.53. The summed E-state index contributed by atoms with van der Waals surface area (Å²) in [6, 6.07) is -0.611. The minimum atomic E-state index is -4.14. The predicted octanol–water partition coefficient (Wildman–Crippen LogP) is 1.83. The Bertz CT molecular complexity index is 287. The van der Waals surface area contributed by atoms with Crippen LogP contribution in [0.3, 0.4) is 0 Å². The number of nitrogens with one attached hydrogen (secondary N) is 1. The smallest absolute Gasteiger partial charge is 0.390 e. The molecular weight excluding hydrogens is 235 g/mol. The van der Waals surface area contributed by atoms with Crippen LogP contribution in [0.25, 0.3) is 0 Å². The Balaban J connectivity index is 2.31. The van der Waals surface area contributed by atoms with Gasteiger partial charge in [-0.2, -0.15) is 13.2 Å². The lowest BCUT2D eigenvalue weighted by Gasteiger charge is -2.20. The van der Waals surface area contributed by atoms with Crippen molar-refractivity contribution in [1.29, 1.82) is 0 Å². The molecule has 0 saturated heterocycles. The molecule has 0 spiro atoms. The van der Waals surface area contributed by atoms with Crippen LogP contribution in [-0.2, 0) is 0 Å². The molecule has 0 aliphatic heterocycles. The SMILES string of the molecule is CC(CC(F)(F)F)NCC1(CC(N)=NO)CC1. The van der Waals surface area contributed by atoms with Gasteiger partial charge in [0.05, 0.1) is 6.42 Å². The molecule has 4 nitrogen and oxygen atoms in total. The molecule has 7 heteroatoms. The quantitative estimate of drug-likeness (QED) is 0.293. The number of hydrogen-bond acceptors (Lipinski definition) is 3. The van der Waals surface area contributed by atoms with Gasteiger partial charge in [-0.1, -0.05) is 5.16 Å². The molecule has 1 aliphatic carbocycles. The summed E-state index contributed by atoms with van der Waals surface area (Å²) >= 11 is 0. The van der Waals surface area contributed by atoms with Crippen LogP contribution in [0.5, 0.6) is 0 Å². The molecule has 1 rings (SSSR count). The van der Waals surface area contributed by atoms with Gasteiger partial charge in [0.15, 0.2) is 0 Å². The Kier molecular flexibility index (Phi) is 4.24. The van der Waals surface area contributed by atoms with Gasteiger partial charge < -0.3 is 16.3 Å². The molecule has 1 unspecified atom stereocenters. The van der Waals surface area contributed by atoms with Crippen LogP contribution in [-0.4, -0.2) is 29.8 Å². The highest BCUT2D eigenvalue weighted by atomic mass is 19.4. The van der Waals surface area contributed by atoms with Crippen molar-refractivity contribution in [3.8, 4) is 0 Å². The molecule has 0 aromatic carbocycles. The first-order chi connectivity index (χ1) is 7.76. The van der Waals surface area contributed by atoms with E-state index in [0.717, 1.165) is 12.8 Å². The number of rotatable bonds is 6. The van der Waals surface area contributed by atoms with Gasteiger partial charge in [0.1, 0.15) is 5.84 Å². The molecule has 1 fully saturated rings. The number of hydrogen-bond donors (Lipinski definition) is 3. The molecule has 1 aliphatic rings. The maximum atomic E-state index is 12.1. The van der Waals surface area contributed by atoms with E-state index in [1.54, 1.807) is 0 Å². The second kappa shape index (κ2) is 5.12. The lowest BCUT2D eigenvalue weighted by molar-refractivity contribution is -0.139. The molecule has 0 aromatic heterocycles. The van der Waals surface area contributed by atoms with Gasteiger partial charge in [0, 0.05) is 19.0 Å².